The minimum absolute atomic E-state index is 0.152. The standard InChI is InChI=1S/C20H20ClN3O2/c1-12-4-6-16-14(10-12)20(2,3)15-11-13(21)5-7-17(15)24(16)9-8-18-22-19(25)26-23-18/h4-7,10-11H,8-9H2,1-3H3,(H,22,23,25). The van der Waals surface area contributed by atoms with E-state index in [0.29, 0.717) is 18.8 Å². The number of aromatic nitrogens is 2. The Morgan fingerprint density at radius 1 is 1.15 bits per heavy atom. The Hall–Kier alpha value is -2.53. The zero-order valence-electron chi connectivity index (χ0n) is 15.0. The van der Waals surface area contributed by atoms with Crippen LogP contribution in [0.15, 0.2) is 45.7 Å². The molecule has 134 valence electrons. The third-order valence-electron chi connectivity index (χ3n) is 5.10. The van der Waals surface area contributed by atoms with Crippen molar-refractivity contribution in [2.45, 2.75) is 32.6 Å². The summed E-state index contributed by atoms with van der Waals surface area (Å²) in [6.07, 6.45) is 0.571. The molecule has 0 unspecified atom stereocenters. The van der Waals surface area contributed by atoms with Crippen molar-refractivity contribution in [2.24, 2.45) is 0 Å². The van der Waals surface area contributed by atoms with Crippen LogP contribution in [0.3, 0.4) is 0 Å². The highest BCUT2D eigenvalue weighted by molar-refractivity contribution is 6.30. The Morgan fingerprint density at radius 2 is 1.85 bits per heavy atom. The summed E-state index contributed by atoms with van der Waals surface area (Å²) in [6.45, 7) is 7.23. The van der Waals surface area contributed by atoms with E-state index in [-0.39, 0.29) is 5.41 Å². The highest BCUT2D eigenvalue weighted by atomic mass is 35.5. The molecule has 0 aliphatic carbocycles. The van der Waals surface area contributed by atoms with Crippen molar-refractivity contribution < 1.29 is 4.52 Å². The van der Waals surface area contributed by atoms with Crippen molar-refractivity contribution in [1.29, 1.82) is 0 Å². The summed E-state index contributed by atoms with van der Waals surface area (Å²) in [5.74, 6) is 0.0204. The largest absolute Gasteiger partial charge is 0.438 e. The second kappa shape index (κ2) is 6.02. The maximum atomic E-state index is 11.2. The first-order valence-electron chi connectivity index (χ1n) is 8.60. The molecule has 26 heavy (non-hydrogen) atoms. The van der Waals surface area contributed by atoms with Crippen LogP contribution in [0.5, 0.6) is 0 Å². The molecule has 6 heteroatoms. The number of benzene rings is 2. The summed E-state index contributed by atoms with van der Waals surface area (Å²) in [5.41, 5.74) is 5.82. The number of aromatic amines is 1. The average Bonchev–Trinajstić information content (AvgIpc) is 3.01. The van der Waals surface area contributed by atoms with E-state index in [4.69, 9.17) is 11.6 Å². The van der Waals surface area contributed by atoms with Gasteiger partial charge >= 0.3 is 5.76 Å². The van der Waals surface area contributed by atoms with Gasteiger partial charge in [0.25, 0.3) is 0 Å². The normalized spacial score (nSPS) is 14.8. The Morgan fingerprint density at radius 3 is 2.54 bits per heavy atom. The number of nitrogens with one attached hydrogen (secondary N) is 1. The molecule has 2 heterocycles. The molecule has 1 aliphatic heterocycles. The van der Waals surface area contributed by atoms with Gasteiger partial charge in [0.15, 0.2) is 5.82 Å². The van der Waals surface area contributed by atoms with E-state index in [0.717, 1.165) is 10.7 Å². The molecule has 0 saturated carbocycles. The first-order valence-corrected chi connectivity index (χ1v) is 8.97. The van der Waals surface area contributed by atoms with E-state index >= 15 is 0 Å². The Labute approximate surface area is 156 Å². The number of rotatable bonds is 3. The lowest BCUT2D eigenvalue weighted by molar-refractivity contribution is 0.381. The van der Waals surface area contributed by atoms with Crippen LogP contribution in [0.4, 0.5) is 11.4 Å². The number of hydrogen-bond acceptors (Lipinski definition) is 4. The molecule has 0 bridgehead atoms. The summed E-state index contributed by atoms with van der Waals surface area (Å²) in [6, 6.07) is 12.6. The van der Waals surface area contributed by atoms with E-state index < -0.39 is 5.76 Å². The van der Waals surface area contributed by atoms with Gasteiger partial charge in [-0.25, -0.2) is 4.79 Å². The minimum atomic E-state index is -0.525. The molecule has 4 rings (SSSR count). The van der Waals surface area contributed by atoms with E-state index in [1.165, 1.54) is 22.4 Å². The van der Waals surface area contributed by atoms with Crippen LogP contribution in [-0.4, -0.2) is 16.7 Å². The number of hydrogen-bond donors (Lipinski definition) is 1. The Bertz CT molecular complexity index is 980. The molecular weight excluding hydrogens is 350 g/mol. The lowest BCUT2D eigenvalue weighted by Crippen LogP contribution is -2.34. The van der Waals surface area contributed by atoms with Crippen LogP contribution in [0, 0.1) is 6.92 Å². The van der Waals surface area contributed by atoms with Gasteiger partial charge in [0.05, 0.1) is 0 Å². The SMILES string of the molecule is Cc1ccc2c(c1)C(C)(C)c1cc(Cl)ccc1N2CCc1noc(=O)[nH]1. The quantitative estimate of drug-likeness (QED) is 0.745. The number of H-pyrrole nitrogens is 1. The first kappa shape index (κ1) is 16.9. The lowest BCUT2D eigenvalue weighted by Gasteiger charge is -2.42. The van der Waals surface area contributed by atoms with Gasteiger partial charge < -0.3 is 4.90 Å². The van der Waals surface area contributed by atoms with Gasteiger partial charge in [-0.15, -0.1) is 0 Å². The van der Waals surface area contributed by atoms with Crippen LogP contribution < -0.4 is 10.7 Å². The highest BCUT2D eigenvalue weighted by Gasteiger charge is 2.36. The second-order valence-electron chi connectivity index (χ2n) is 7.25. The summed E-state index contributed by atoms with van der Waals surface area (Å²) >= 11 is 6.31. The van der Waals surface area contributed by atoms with Crippen molar-refractivity contribution >= 4 is 23.0 Å². The van der Waals surface area contributed by atoms with Crippen LogP contribution in [0.1, 0.15) is 36.4 Å². The van der Waals surface area contributed by atoms with E-state index in [2.05, 4.69) is 64.6 Å². The van der Waals surface area contributed by atoms with E-state index in [9.17, 15) is 4.79 Å². The lowest BCUT2D eigenvalue weighted by atomic mass is 9.73. The third-order valence-corrected chi connectivity index (χ3v) is 5.33. The monoisotopic (exact) mass is 369 g/mol. The molecule has 0 spiro atoms. The van der Waals surface area contributed by atoms with Crippen molar-refractivity contribution in [2.75, 3.05) is 11.4 Å². The minimum Gasteiger partial charge on any atom is -0.341 e. The molecule has 1 aliphatic rings. The molecule has 5 nitrogen and oxygen atoms in total. The molecule has 0 atom stereocenters. The molecule has 2 aromatic carbocycles. The maximum absolute atomic E-state index is 11.2. The van der Waals surface area contributed by atoms with Crippen LogP contribution >= 0.6 is 11.6 Å². The van der Waals surface area contributed by atoms with Crippen LogP contribution in [0.25, 0.3) is 0 Å². The number of halogens is 1. The summed E-state index contributed by atoms with van der Waals surface area (Å²) in [7, 11) is 0. The molecule has 1 N–H and O–H groups in total. The second-order valence-corrected chi connectivity index (χ2v) is 7.69. The molecule has 0 radical (unpaired) electrons. The van der Waals surface area contributed by atoms with Gasteiger partial charge in [0.1, 0.15) is 0 Å². The van der Waals surface area contributed by atoms with Gasteiger partial charge in [0, 0.05) is 34.8 Å². The fourth-order valence-corrected chi connectivity index (χ4v) is 3.90. The van der Waals surface area contributed by atoms with E-state index in [1.54, 1.807) is 0 Å². The Kier molecular flexibility index (Phi) is 3.92. The molecule has 0 fully saturated rings. The molecular formula is C20H20ClN3O2. The fraction of sp³-hybridized carbons (Fsp3) is 0.300. The van der Waals surface area contributed by atoms with Crippen LogP contribution in [-0.2, 0) is 11.8 Å². The average molecular weight is 370 g/mol. The summed E-state index contributed by atoms with van der Waals surface area (Å²) in [4.78, 5) is 16.1. The smallest absolute Gasteiger partial charge is 0.341 e. The predicted molar refractivity (Wildman–Crippen MR) is 103 cm³/mol. The number of aryl methyl sites for hydroxylation is 1. The van der Waals surface area contributed by atoms with Crippen molar-refractivity contribution in [1.82, 2.24) is 10.1 Å². The van der Waals surface area contributed by atoms with Crippen molar-refractivity contribution in [3.63, 3.8) is 0 Å². The predicted octanol–water partition coefficient (Wildman–Crippen LogP) is 4.34. The van der Waals surface area contributed by atoms with Gasteiger partial charge in [-0.3, -0.25) is 9.51 Å². The summed E-state index contributed by atoms with van der Waals surface area (Å²) in [5, 5.41) is 4.51. The first-order chi connectivity index (χ1) is 12.4. The van der Waals surface area contributed by atoms with Crippen LogP contribution in [0.2, 0.25) is 5.02 Å². The maximum Gasteiger partial charge on any atom is 0.438 e. The Balaban J connectivity index is 1.82. The summed E-state index contributed by atoms with van der Waals surface area (Å²) < 4.78 is 4.61. The van der Waals surface area contributed by atoms with Crippen molar-refractivity contribution in [3.05, 3.63) is 74.5 Å². The zero-order valence-corrected chi connectivity index (χ0v) is 15.7. The topological polar surface area (TPSA) is 62.1 Å². The number of anilines is 2. The number of fused-ring (bicyclic) bond motifs is 2. The molecule has 0 saturated heterocycles. The van der Waals surface area contributed by atoms with Crippen molar-refractivity contribution in [3.8, 4) is 0 Å². The zero-order chi connectivity index (χ0) is 18.5. The molecule has 3 aromatic rings. The van der Waals surface area contributed by atoms with Gasteiger partial charge in [-0.2, -0.15) is 0 Å². The molecule has 0 amide bonds. The van der Waals surface area contributed by atoms with E-state index in [1.807, 2.05) is 12.1 Å². The molecule has 1 aromatic heterocycles. The third kappa shape index (κ3) is 2.72. The fourth-order valence-electron chi connectivity index (χ4n) is 3.73. The van der Waals surface area contributed by atoms with Gasteiger partial charge in [0.2, 0.25) is 0 Å². The van der Waals surface area contributed by atoms with Gasteiger partial charge in [-0.1, -0.05) is 48.3 Å². The highest BCUT2D eigenvalue weighted by Crippen LogP contribution is 2.49. The number of nitrogens with zero attached hydrogens (tertiary/aromatic N) is 2. The van der Waals surface area contributed by atoms with Gasteiger partial charge in [-0.05, 0) is 42.3 Å².